The van der Waals surface area contributed by atoms with Gasteiger partial charge in [0, 0.05) is 12.4 Å². The molecule has 0 radical (unpaired) electrons. The Bertz CT molecular complexity index is 144. The standard InChI is InChI=1S/C8H15N3.ClH/c1-4-9-7-10(5-2)11(6-3)8-9;/h5-6H,2-4,7-8H2,1H3;1H. The summed E-state index contributed by atoms with van der Waals surface area (Å²) in [5.41, 5.74) is 0. The zero-order valence-electron chi connectivity index (χ0n) is 7.44. The molecule has 70 valence electrons. The molecule has 12 heavy (non-hydrogen) atoms. The van der Waals surface area contributed by atoms with Crippen LogP contribution < -0.4 is 0 Å². The largest absolute Gasteiger partial charge is 0.278 e. The van der Waals surface area contributed by atoms with Crippen LogP contribution in [0.4, 0.5) is 0 Å². The van der Waals surface area contributed by atoms with Crippen molar-refractivity contribution >= 4 is 12.4 Å². The maximum atomic E-state index is 3.72. The van der Waals surface area contributed by atoms with Crippen LogP contribution in [0.25, 0.3) is 0 Å². The van der Waals surface area contributed by atoms with Crippen molar-refractivity contribution in [3.8, 4) is 0 Å². The van der Waals surface area contributed by atoms with Crippen LogP contribution >= 0.6 is 12.4 Å². The summed E-state index contributed by atoms with van der Waals surface area (Å²) in [5.74, 6) is 0. The third kappa shape index (κ3) is 2.16. The molecule has 0 bridgehead atoms. The molecule has 0 aromatic heterocycles. The first kappa shape index (κ1) is 11.3. The number of rotatable bonds is 3. The molecule has 3 nitrogen and oxygen atoms in total. The van der Waals surface area contributed by atoms with Crippen LogP contribution in [0.15, 0.2) is 25.6 Å². The molecule has 0 aromatic carbocycles. The highest BCUT2D eigenvalue weighted by molar-refractivity contribution is 5.85. The molecule has 1 rings (SSSR count). The summed E-state index contributed by atoms with van der Waals surface area (Å²) in [6.45, 7) is 12.5. The van der Waals surface area contributed by atoms with Crippen molar-refractivity contribution in [1.82, 2.24) is 14.9 Å². The molecule has 0 amide bonds. The van der Waals surface area contributed by atoms with Gasteiger partial charge in [0.05, 0.1) is 13.3 Å². The SMILES string of the molecule is C=CN1CN(CC)CN1C=C.Cl. The summed E-state index contributed by atoms with van der Waals surface area (Å²) in [5, 5.41) is 4.08. The van der Waals surface area contributed by atoms with Crippen molar-refractivity contribution in [3.63, 3.8) is 0 Å². The number of halogens is 1. The van der Waals surface area contributed by atoms with Crippen LogP contribution in [0.2, 0.25) is 0 Å². The molecule has 0 atom stereocenters. The van der Waals surface area contributed by atoms with Gasteiger partial charge in [-0.05, 0) is 6.54 Å². The van der Waals surface area contributed by atoms with Gasteiger partial charge < -0.3 is 0 Å². The van der Waals surface area contributed by atoms with E-state index >= 15 is 0 Å². The van der Waals surface area contributed by atoms with Gasteiger partial charge >= 0.3 is 0 Å². The molecule has 0 aromatic rings. The Morgan fingerprint density at radius 2 is 1.58 bits per heavy atom. The normalized spacial score (nSPS) is 17.4. The molecule has 1 saturated heterocycles. The maximum absolute atomic E-state index is 3.72. The van der Waals surface area contributed by atoms with E-state index in [2.05, 4.69) is 25.0 Å². The van der Waals surface area contributed by atoms with Gasteiger partial charge in [0.15, 0.2) is 0 Å². The van der Waals surface area contributed by atoms with Gasteiger partial charge in [0.1, 0.15) is 0 Å². The van der Waals surface area contributed by atoms with Gasteiger partial charge in [-0.3, -0.25) is 14.9 Å². The van der Waals surface area contributed by atoms with Crippen LogP contribution in [0.3, 0.4) is 0 Å². The molecule has 4 heteroatoms. The Hall–Kier alpha value is -0.670. The highest BCUT2D eigenvalue weighted by Crippen LogP contribution is 2.10. The van der Waals surface area contributed by atoms with E-state index in [0.717, 1.165) is 19.9 Å². The van der Waals surface area contributed by atoms with Crippen LogP contribution in [-0.4, -0.2) is 34.8 Å². The monoisotopic (exact) mass is 189 g/mol. The summed E-state index contributed by atoms with van der Waals surface area (Å²) in [6, 6.07) is 0. The van der Waals surface area contributed by atoms with Gasteiger partial charge in [-0.2, -0.15) is 0 Å². The first-order valence-electron chi connectivity index (χ1n) is 3.82. The zero-order chi connectivity index (χ0) is 8.27. The molecule has 0 spiro atoms. The molecular formula is C8H16ClN3. The van der Waals surface area contributed by atoms with Crippen molar-refractivity contribution < 1.29 is 0 Å². The molecule has 1 heterocycles. The molecule has 0 N–H and O–H groups in total. The van der Waals surface area contributed by atoms with Crippen LogP contribution in [0.1, 0.15) is 6.92 Å². The lowest BCUT2D eigenvalue weighted by molar-refractivity contribution is 0.146. The van der Waals surface area contributed by atoms with Crippen molar-refractivity contribution in [2.24, 2.45) is 0 Å². The predicted molar refractivity (Wildman–Crippen MR) is 53.4 cm³/mol. The second kappa shape index (κ2) is 5.06. The summed E-state index contributed by atoms with van der Waals surface area (Å²) in [4.78, 5) is 2.30. The highest BCUT2D eigenvalue weighted by Gasteiger charge is 2.20. The van der Waals surface area contributed by atoms with Crippen molar-refractivity contribution in [3.05, 3.63) is 25.6 Å². The Morgan fingerprint density at radius 1 is 1.17 bits per heavy atom. The summed E-state index contributed by atoms with van der Waals surface area (Å²) in [6.07, 6.45) is 3.63. The average Bonchev–Trinajstić information content (AvgIpc) is 2.46. The minimum atomic E-state index is 0. The number of hydrogen-bond acceptors (Lipinski definition) is 3. The number of nitrogens with zero attached hydrogens (tertiary/aromatic N) is 3. The van der Waals surface area contributed by atoms with Crippen molar-refractivity contribution in [1.29, 1.82) is 0 Å². The van der Waals surface area contributed by atoms with Crippen LogP contribution in [0, 0.1) is 0 Å². The fourth-order valence-corrected chi connectivity index (χ4v) is 1.14. The van der Waals surface area contributed by atoms with Crippen molar-refractivity contribution in [2.45, 2.75) is 6.92 Å². The van der Waals surface area contributed by atoms with Gasteiger partial charge in [-0.1, -0.05) is 20.1 Å². The van der Waals surface area contributed by atoms with Crippen LogP contribution in [-0.2, 0) is 0 Å². The maximum Gasteiger partial charge on any atom is 0.0923 e. The Morgan fingerprint density at radius 3 is 1.83 bits per heavy atom. The number of hydrazine groups is 1. The lowest BCUT2D eigenvalue weighted by Gasteiger charge is -2.21. The van der Waals surface area contributed by atoms with E-state index in [9.17, 15) is 0 Å². The molecule has 0 aliphatic carbocycles. The molecule has 1 fully saturated rings. The lowest BCUT2D eigenvalue weighted by atomic mass is 10.6. The second-order valence-electron chi connectivity index (χ2n) is 2.51. The van der Waals surface area contributed by atoms with Gasteiger partial charge in [-0.25, -0.2) is 0 Å². The first-order chi connectivity index (χ1) is 5.31. The number of hydrogen-bond donors (Lipinski definition) is 0. The van der Waals surface area contributed by atoms with Gasteiger partial charge in [0.25, 0.3) is 0 Å². The van der Waals surface area contributed by atoms with E-state index in [1.807, 2.05) is 22.4 Å². The van der Waals surface area contributed by atoms with E-state index in [1.165, 1.54) is 0 Å². The Kier molecular flexibility index (Phi) is 4.78. The van der Waals surface area contributed by atoms with E-state index in [0.29, 0.717) is 0 Å². The predicted octanol–water partition coefficient (Wildman–Crippen LogP) is 1.46. The molecule has 0 saturated carbocycles. The third-order valence-corrected chi connectivity index (χ3v) is 1.89. The minimum Gasteiger partial charge on any atom is -0.278 e. The van der Waals surface area contributed by atoms with E-state index in [-0.39, 0.29) is 12.4 Å². The fraction of sp³-hybridized carbons (Fsp3) is 0.500. The Balaban J connectivity index is 0.00000121. The van der Waals surface area contributed by atoms with E-state index in [4.69, 9.17) is 0 Å². The van der Waals surface area contributed by atoms with E-state index in [1.54, 1.807) is 0 Å². The highest BCUT2D eigenvalue weighted by atomic mass is 35.5. The summed E-state index contributed by atoms with van der Waals surface area (Å²) >= 11 is 0. The third-order valence-electron chi connectivity index (χ3n) is 1.89. The Labute approximate surface area is 80.3 Å². The summed E-state index contributed by atoms with van der Waals surface area (Å²) in [7, 11) is 0. The zero-order valence-corrected chi connectivity index (χ0v) is 8.26. The smallest absolute Gasteiger partial charge is 0.0923 e. The minimum absolute atomic E-state index is 0. The fourth-order valence-electron chi connectivity index (χ4n) is 1.14. The molecule has 1 aliphatic heterocycles. The van der Waals surface area contributed by atoms with E-state index < -0.39 is 0 Å². The quantitative estimate of drug-likeness (QED) is 0.666. The van der Waals surface area contributed by atoms with Crippen LogP contribution in [0.5, 0.6) is 0 Å². The first-order valence-corrected chi connectivity index (χ1v) is 3.82. The van der Waals surface area contributed by atoms with Crippen molar-refractivity contribution in [2.75, 3.05) is 19.9 Å². The summed E-state index contributed by atoms with van der Waals surface area (Å²) < 4.78 is 0. The molecule has 0 unspecified atom stereocenters. The molecular weight excluding hydrogens is 174 g/mol. The second-order valence-corrected chi connectivity index (χ2v) is 2.51. The topological polar surface area (TPSA) is 9.72 Å². The lowest BCUT2D eigenvalue weighted by Crippen LogP contribution is -2.26. The average molecular weight is 190 g/mol. The van der Waals surface area contributed by atoms with Gasteiger partial charge in [-0.15, -0.1) is 12.4 Å². The van der Waals surface area contributed by atoms with Gasteiger partial charge in [0.2, 0.25) is 0 Å². The molecule has 1 aliphatic rings.